The Balaban J connectivity index is 2.23. The van der Waals surface area contributed by atoms with Crippen LogP contribution in [0.2, 0.25) is 0 Å². The highest BCUT2D eigenvalue weighted by atomic mass is 32.1. The minimum atomic E-state index is -0.979. The van der Waals surface area contributed by atoms with Gasteiger partial charge in [0.2, 0.25) is 0 Å². The summed E-state index contributed by atoms with van der Waals surface area (Å²) >= 11 is 1.44. The van der Waals surface area contributed by atoms with Gasteiger partial charge < -0.3 is 5.11 Å². The number of carboxylic acids is 1. The number of hydrogen-bond donors (Lipinski definition) is 1. The second-order valence-corrected chi connectivity index (χ2v) is 3.82. The Hall–Kier alpha value is -2.01. The molecule has 4 nitrogen and oxygen atoms in total. The number of aliphatic carboxylic acids is 1. The molecule has 1 N–H and O–H groups in total. The van der Waals surface area contributed by atoms with E-state index in [0.29, 0.717) is 5.69 Å². The molecule has 80 valence electrons. The molecule has 0 aromatic carbocycles. The smallest absolute Gasteiger partial charge is 0.328 e. The van der Waals surface area contributed by atoms with Crippen LogP contribution in [0.15, 0.2) is 35.9 Å². The summed E-state index contributed by atoms with van der Waals surface area (Å²) in [7, 11) is 0. The lowest BCUT2D eigenvalue weighted by Crippen LogP contribution is -1.86. The minimum Gasteiger partial charge on any atom is -0.478 e. The third kappa shape index (κ3) is 2.52. The molecule has 0 saturated heterocycles. The van der Waals surface area contributed by atoms with Gasteiger partial charge in [-0.05, 0) is 18.2 Å². The van der Waals surface area contributed by atoms with Gasteiger partial charge >= 0.3 is 5.97 Å². The van der Waals surface area contributed by atoms with Crippen LogP contribution in [0, 0.1) is 0 Å². The van der Waals surface area contributed by atoms with Crippen molar-refractivity contribution in [2.45, 2.75) is 0 Å². The first-order valence-corrected chi connectivity index (χ1v) is 5.41. The largest absolute Gasteiger partial charge is 0.478 e. The Morgan fingerprint density at radius 2 is 2.31 bits per heavy atom. The van der Waals surface area contributed by atoms with E-state index in [1.807, 2.05) is 18.2 Å². The van der Waals surface area contributed by atoms with E-state index >= 15 is 0 Å². The number of nitrogens with zero attached hydrogens (tertiary/aromatic N) is 2. The number of aromatic nitrogens is 2. The van der Waals surface area contributed by atoms with E-state index in [1.54, 1.807) is 11.6 Å². The van der Waals surface area contributed by atoms with Crippen molar-refractivity contribution >= 4 is 23.4 Å². The molecule has 0 aliphatic carbocycles. The van der Waals surface area contributed by atoms with Crippen molar-refractivity contribution in [1.29, 1.82) is 0 Å². The van der Waals surface area contributed by atoms with Crippen LogP contribution in [0.1, 0.15) is 5.69 Å². The van der Waals surface area contributed by atoms with Crippen LogP contribution < -0.4 is 0 Å². The topological polar surface area (TPSA) is 63.1 Å². The van der Waals surface area contributed by atoms with Crippen LogP contribution in [0.3, 0.4) is 0 Å². The zero-order valence-electron chi connectivity index (χ0n) is 8.20. The van der Waals surface area contributed by atoms with E-state index < -0.39 is 5.97 Å². The molecule has 0 bridgehead atoms. The first-order valence-electron chi connectivity index (χ1n) is 4.53. The number of thiazole rings is 1. The predicted octanol–water partition coefficient (Wildman–Crippen LogP) is 2.30. The Bertz CT molecular complexity index is 520. The maximum atomic E-state index is 10.3. The molecule has 0 spiro atoms. The molecule has 0 aliphatic heterocycles. The second kappa shape index (κ2) is 4.67. The lowest BCUT2D eigenvalue weighted by atomic mass is 10.3. The summed E-state index contributed by atoms with van der Waals surface area (Å²) in [5.41, 5.74) is 1.43. The van der Waals surface area contributed by atoms with Crippen molar-refractivity contribution in [3.05, 3.63) is 41.5 Å². The van der Waals surface area contributed by atoms with Crippen molar-refractivity contribution < 1.29 is 9.90 Å². The van der Waals surface area contributed by atoms with Crippen molar-refractivity contribution in [2.75, 3.05) is 0 Å². The van der Waals surface area contributed by atoms with Crippen LogP contribution in [-0.4, -0.2) is 21.0 Å². The van der Waals surface area contributed by atoms with Crippen LogP contribution >= 0.6 is 11.3 Å². The van der Waals surface area contributed by atoms with Gasteiger partial charge in [-0.1, -0.05) is 6.07 Å². The summed E-state index contributed by atoms with van der Waals surface area (Å²) in [6.45, 7) is 0. The van der Waals surface area contributed by atoms with Gasteiger partial charge in [0, 0.05) is 17.7 Å². The van der Waals surface area contributed by atoms with Crippen molar-refractivity contribution in [3.63, 3.8) is 0 Å². The fraction of sp³-hybridized carbons (Fsp3) is 0. The normalized spacial score (nSPS) is 10.8. The maximum absolute atomic E-state index is 10.3. The Kier molecular flexibility index (Phi) is 3.07. The van der Waals surface area contributed by atoms with Gasteiger partial charge in [0.05, 0.1) is 11.4 Å². The highest BCUT2D eigenvalue weighted by molar-refractivity contribution is 7.13. The molecule has 2 aromatic heterocycles. The molecular weight excluding hydrogens is 224 g/mol. The zero-order valence-corrected chi connectivity index (χ0v) is 9.02. The summed E-state index contributed by atoms with van der Waals surface area (Å²) in [6, 6.07) is 5.59. The lowest BCUT2D eigenvalue weighted by Gasteiger charge is -1.91. The van der Waals surface area contributed by atoms with E-state index in [0.717, 1.165) is 16.8 Å². The van der Waals surface area contributed by atoms with Crippen molar-refractivity contribution in [2.24, 2.45) is 0 Å². The molecule has 16 heavy (non-hydrogen) atoms. The van der Waals surface area contributed by atoms with Crippen LogP contribution in [-0.2, 0) is 4.79 Å². The number of rotatable bonds is 3. The first-order chi connectivity index (χ1) is 7.75. The number of carboxylic acid groups (broad SMARTS) is 1. The summed E-state index contributed by atoms with van der Waals surface area (Å²) < 4.78 is 0. The standard InChI is InChI=1S/C11H8N2O2S/c14-10(15)5-4-8-7-16-11(13-8)9-3-1-2-6-12-9/h1-7H,(H,14,15)/b5-4+. The molecule has 2 heterocycles. The van der Waals surface area contributed by atoms with E-state index in [1.165, 1.54) is 17.4 Å². The molecule has 0 radical (unpaired) electrons. The molecule has 0 amide bonds. The second-order valence-electron chi connectivity index (χ2n) is 2.96. The SMILES string of the molecule is O=C(O)/C=C/c1csc(-c2ccccn2)n1. The van der Waals surface area contributed by atoms with Crippen molar-refractivity contribution in [1.82, 2.24) is 9.97 Å². The van der Waals surface area contributed by atoms with E-state index in [4.69, 9.17) is 5.11 Å². The van der Waals surface area contributed by atoms with Gasteiger partial charge in [0.25, 0.3) is 0 Å². The average molecular weight is 232 g/mol. The van der Waals surface area contributed by atoms with Crippen molar-refractivity contribution in [3.8, 4) is 10.7 Å². The quantitative estimate of drug-likeness (QED) is 0.825. The fourth-order valence-corrected chi connectivity index (χ4v) is 1.89. The molecule has 0 atom stereocenters. The molecule has 0 fully saturated rings. The zero-order chi connectivity index (χ0) is 11.4. The third-order valence-corrected chi connectivity index (χ3v) is 2.69. The van der Waals surface area contributed by atoms with Gasteiger partial charge in [0.15, 0.2) is 0 Å². The van der Waals surface area contributed by atoms with Gasteiger partial charge in [-0.15, -0.1) is 11.3 Å². The summed E-state index contributed by atoms with van der Waals surface area (Å²) in [6.07, 6.45) is 4.23. The minimum absolute atomic E-state index is 0.632. The van der Waals surface area contributed by atoms with E-state index in [9.17, 15) is 4.79 Å². The first kappa shape index (κ1) is 10.5. The maximum Gasteiger partial charge on any atom is 0.328 e. The third-order valence-electron chi connectivity index (χ3n) is 1.80. The van der Waals surface area contributed by atoms with Crippen LogP contribution in [0.5, 0.6) is 0 Å². The molecular formula is C11H8N2O2S. The summed E-state index contributed by atoms with van der Waals surface area (Å²) in [4.78, 5) is 18.7. The highest BCUT2D eigenvalue weighted by Crippen LogP contribution is 2.21. The van der Waals surface area contributed by atoms with Gasteiger partial charge in [-0.3, -0.25) is 4.98 Å². The Labute approximate surface area is 95.9 Å². The van der Waals surface area contributed by atoms with Crippen LogP contribution in [0.4, 0.5) is 0 Å². The monoisotopic (exact) mass is 232 g/mol. The number of pyridine rings is 1. The summed E-state index contributed by atoms with van der Waals surface area (Å²) in [5, 5.41) is 11.1. The van der Waals surface area contributed by atoms with E-state index in [-0.39, 0.29) is 0 Å². The molecule has 0 saturated carbocycles. The fourth-order valence-electron chi connectivity index (χ4n) is 1.13. The van der Waals surface area contributed by atoms with Gasteiger partial charge in [-0.2, -0.15) is 0 Å². The number of carbonyl (C=O) groups is 1. The van der Waals surface area contributed by atoms with E-state index in [2.05, 4.69) is 9.97 Å². The molecule has 5 heteroatoms. The van der Waals surface area contributed by atoms with Gasteiger partial charge in [-0.25, -0.2) is 9.78 Å². The number of hydrogen-bond acceptors (Lipinski definition) is 4. The predicted molar refractivity (Wildman–Crippen MR) is 62.0 cm³/mol. The Morgan fingerprint density at radius 3 is 3.00 bits per heavy atom. The summed E-state index contributed by atoms with van der Waals surface area (Å²) in [5.74, 6) is -0.979. The molecule has 0 aliphatic rings. The lowest BCUT2D eigenvalue weighted by molar-refractivity contribution is -0.131. The molecule has 2 aromatic rings. The molecule has 2 rings (SSSR count). The highest BCUT2D eigenvalue weighted by Gasteiger charge is 2.03. The average Bonchev–Trinajstić information content (AvgIpc) is 2.76. The molecule has 0 unspecified atom stereocenters. The Morgan fingerprint density at radius 1 is 1.44 bits per heavy atom. The van der Waals surface area contributed by atoms with Crippen LogP contribution in [0.25, 0.3) is 16.8 Å². The van der Waals surface area contributed by atoms with Gasteiger partial charge in [0.1, 0.15) is 5.01 Å².